The highest BCUT2D eigenvalue weighted by Gasteiger charge is 2.45. The van der Waals surface area contributed by atoms with Crippen molar-refractivity contribution in [2.45, 2.75) is 75.0 Å². The lowest BCUT2D eigenvalue weighted by molar-refractivity contribution is -0.114. The van der Waals surface area contributed by atoms with Gasteiger partial charge in [-0.05, 0) is 74.8 Å². The van der Waals surface area contributed by atoms with E-state index < -0.39 is 10.0 Å². The summed E-state index contributed by atoms with van der Waals surface area (Å²) in [5, 5.41) is 0. The van der Waals surface area contributed by atoms with E-state index in [1.807, 2.05) is 11.3 Å². The summed E-state index contributed by atoms with van der Waals surface area (Å²) in [7, 11) is -3.63. The fourth-order valence-corrected chi connectivity index (χ4v) is 8.79. The van der Waals surface area contributed by atoms with E-state index in [0.717, 1.165) is 58.2 Å². The zero-order valence-electron chi connectivity index (χ0n) is 20.8. The van der Waals surface area contributed by atoms with Crippen molar-refractivity contribution in [3.05, 3.63) is 50.1 Å². The molecule has 3 aliphatic rings. The second-order valence-electron chi connectivity index (χ2n) is 10.7. The van der Waals surface area contributed by atoms with Crippen molar-refractivity contribution in [2.75, 3.05) is 19.7 Å². The fourth-order valence-electron chi connectivity index (χ4n) is 6.33. The van der Waals surface area contributed by atoms with Gasteiger partial charge in [0.2, 0.25) is 10.0 Å². The van der Waals surface area contributed by atoms with E-state index in [9.17, 15) is 13.2 Å². The van der Waals surface area contributed by atoms with Gasteiger partial charge in [0.15, 0.2) is 0 Å². The average molecular weight is 531 g/mol. The molecular formula is C26H34N4O4S2. The Labute approximate surface area is 215 Å². The van der Waals surface area contributed by atoms with Crippen LogP contribution in [0.2, 0.25) is 0 Å². The number of hydrogen-bond donors (Lipinski definition) is 3. The van der Waals surface area contributed by atoms with Crippen LogP contribution in [0, 0.1) is 5.92 Å². The van der Waals surface area contributed by atoms with Crippen molar-refractivity contribution in [3.63, 3.8) is 0 Å². The summed E-state index contributed by atoms with van der Waals surface area (Å²) in [5.41, 5.74) is 2.06. The zero-order chi connectivity index (χ0) is 25.1. The van der Waals surface area contributed by atoms with E-state index in [1.165, 1.54) is 27.5 Å². The minimum Gasteiger partial charge on any atom is -0.370 e. The first-order valence-electron chi connectivity index (χ1n) is 13.0. The molecule has 1 aliphatic carbocycles. The topological polar surface area (TPSA) is 107 Å². The second kappa shape index (κ2) is 9.09. The number of hydrogen-bond acceptors (Lipinski definition) is 6. The third-order valence-corrected chi connectivity index (χ3v) is 11.2. The number of aromatic amines is 2. The maximum Gasteiger partial charge on any atom is 0.323 e. The van der Waals surface area contributed by atoms with Crippen molar-refractivity contribution >= 4 is 32.4 Å². The highest BCUT2D eigenvalue weighted by Crippen LogP contribution is 2.46. The van der Waals surface area contributed by atoms with Gasteiger partial charge in [-0.2, -0.15) is 0 Å². The van der Waals surface area contributed by atoms with Crippen LogP contribution in [0.25, 0.3) is 11.0 Å². The molecule has 3 aromatic rings. The monoisotopic (exact) mass is 530 g/mol. The normalized spacial score (nSPS) is 28.9. The number of ether oxygens (including phenoxy) is 1. The van der Waals surface area contributed by atoms with Crippen molar-refractivity contribution < 1.29 is 13.2 Å². The Hall–Kier alpha value is -1.98. The lowest BCUT2D eigenvalue weighted by atomic mass is 9.77. The van der Waals surface area contributed by atoms with Gasteiger partial charge in [-0.15, -0.1) is 11.3 Å². The minimum absolute atomic E-state index is 0.0464. The molecule has 1 aromatic carbocycles. The van der Waals surface area contributed by atoms with Crippen LogP contribution in [0.5, 0.6) is 0 Å². The van der Waals surface area contributed by atoms with Crippen LogP contribution in [-0.4, -0.2) is 55.1 Å². The number of H-pyrrole nitrogens is 2. The molecule has 0 unspecified atom stereocenters. The zero-order valence-corrected chi connectivity index (χ0v) is 22.4. The van der Waals surface area contributed by atoms with Gasteiger partial charge in [-0.25, -0.2) is 17.9 Å². The summed E-state index contributed by atoms with van der Waals surface area (Å²) in [4.78, 5) is 22.5. The number of piperidine rings is 1. The van der Waals surface area contributed by atoms with Crippen LogP contribution in [0.15, 0.2) is 34.0 Å². The molecule has 2 fully saturated rings. The van der Waals surface area contributed by atoms with Crippen molar-refractivity contribution in [1.29, 1.82) is 0 Å². The molecule has 4 heterocycles. The van der Waals surface area contributed by atoms with Crippen molar-refractivity contribution in [1.82, 2.24) is 19.6 Å². The first-order chi connectivity index (χ1) is 17.2. The molecule has 1 spiro atoms. The fraction of sp³-hybridized carbons (Fsp3) is 0.577. The summed E-state index contributed by atoms with van der Waals surface area (Å²) in [6.45, 7) is 7.37. The number of nitrogens with zero attached hydrogens (tertiary/aromatic N) is 1. The quantitative estimate of drug-likeness (QED) is 0.452. The summed E-state index contributed by atoms with van der Waals surface area (Å²) in [6, 6.07) is 7.44. The molecule has 0 bridgehead atoms. The molecule has 6 rings (SSSR count). The second-order valence-corrected chi connectivity index (χ2v) is 13.7. The summed E-state index contributed by atoms with van der Waals surface area (Å²) < 4.78 is 35.1. The minimum atomic E-state index is -3.63. The van der Waals surface area contributed by atoms with E-state index in [4.69, 9.17) is 4.74 Å². The predicted molar refractivity (Wildman–Crippen MR) is 141 cm³/mol. The van der Waals surface area contributed by atoms with Crippen LogP contribution in [0.1, 0.15) is 54.8 Å². The molecule has 194 valence electrons. The molecule has 1 saturated carbocycles. The molecule has 2 aromatic heterocycles. The Bertz CT molecular complexity index is 1440. The third kappa shape index (κ3) is 4.36. The van der Waals surface area contributed by atoms with Crippen LogP contribution in [0.3, 0.4) is 0 Å². The number of rotatable bonds is 6. The van der Waals surface area contributed by atoms with E-state index in [2.05, 4.69) is 39.5 Å². The van der Waals surface area contributed by atoms with Gasteiger partial charge in [0.25, 0.3) is 0 Å². The van der Waals surface area contributed by atoms with Gasteiger partial charge < -0.3 is 19.6 Å². The Balaban J connectivity index is 1.04. The van der Waals surface area contributed by atoms with E-state index in [0.29, 0.717) is 23.0 Å². The standard InChI is InChI=1S/C26H34N4O4S2/c1-3-19-12-21-24(35-19)6-9-34-26(21)7-8-30(16(2)14-26)15-17-10-18(11-17)29-36(32,33)20-4-5-22-23(13-20)28-25(31)27-22/h4-5,12-13,16-18,29H,3,6-11,14-15H2,1-2H3,(H2,27,28,31)/t16-,17?,18?,26+/m0/s1. The maximum absolute atomic E-state index is 12.9. The van der Waals surface area contributed by atoms with Crippen molar-refractivity contribution in [2.24, 2.45) is 5.92 Å². The van der Waals surface area contributed by atoms with Gasteiger partial charge in [0, 0.05) is 41.3 Å². The van der Waals surface area contributed by atoms with Crippen LogP contribution in [-0.2, 0) is 33.2 Å². The molecule has 36 heavy (non-hydrogen) atoms. The van der Waals surface area contributed by atoms with Gasteiger partial charge in [-0.1, -0.05) is 6.92 Å². The summed E-state index contributed by atoms with van der Waals surface area (Å²) in [5.74, 6) is 0.494. The van der Waals surface area contributed by atoms with Gasteiger partial charge >= 0.3 is 5.69 Å². The predicted octanol–water partition coefficient (Wildman–Crippen LogP) is 3.49. The molecule has 1 saturated heterocycles. The average Bonchev–Trinajstić information content (AvgIpc) is 3.42. The lowest BCUT2D eigenvalue weighted by Gasteiger charge is -2.49. The summed E-state index contributed by atoms with van der Waals surface area (Å²) >= 11 is 1.97. The van der Waals surface area contributed by atoms with E-state index >= 15 is 0 Å². The Morgan fingerprint density at radius 3 is 2.81 bits per heavy atom. The number of thiophene rings is 1. The van der Waals surface area contributed by atoms with E-state index in [1.54, 1.807) is 6.07 Å². The van der Waals surface area contributed by atoms with Crippen LogP contribution >= 0.6 is 11.3 Å². The molecule has 2 atom stereocenters. The van der Waals surface area contributed by atoms with Gasteiger partial charge in [0.05, 0.1) is 28.1 Å². The maximum atomic E-state index is 12.9. The number of benzene rings is 1. The highest BCUT2D eigenvalue weighted by molar-refractivity contribution is 7.89. The number of imidazole rings is 1. The molecule has 0 amide bonds. The molecule has 2 aliphatic heterocycles. The highest BCUT2D eigenvalue weighted by atomic mass is 32.2. The van der Waals surface area contributed by atoms with Crippen molar-refractivity contribution in [3.8, 4) is 0 Å². The number of nitrogens with one attached hydrogen (secondary N) is 3. The molecular weight excluding hydrogens is 496 g/mol. The first-order valence-corrected chi connectivity index (χ1v) is 15.3. The Morgan fingerprint density at radius 2 is 2.03 bits per heavy atom. The van der Waals surface area contributed by atoms with Gasteiger partial charge in [0.1, 0.15) is 0 Å². The van der Waals surface area contributed by atoms with Crippen LogP contribution in [0.4, 0.5) is 0 Å². The number of sulfonamides is 1. The third-order valence-electron chi connectivity index (χ3n) is 8.31. The molecule has 8 nitrogen and oxygen atoms in total. The molecule has 3 N–H and O–H groups in total. The SMILES string of the molecule is CCc1cc2c(s1)CCO[C@@]21CCN(CC2CC(NS(=O)(=O)c3ccc4[nH]c(=O)[nH]c4c3)C2)[C@@H](C)C1. The largest absolute Gasteiger partial charge is 0.370 e. The Kier molecular flexibility index (Phi) is 6.15. The molecule has 0 radical (unpaired) electrons. The lowest BCUT2D eigenvalue weighted by Crippen LogP contribution is -2.54. The van der Waals surface area contributed by atoms with E-state index in [-0.39, 0.29) is 22.2 Å². The number of aromatic nitrogens is 2. The number of fused-ring (bicyclic) bond motifs is 3. The number of likely N-dealkylation sites (tertiary alicyclic amines) is 1. The summed E-state index contributed by atoms with van der Waals surface area (Å²) in [6.07, 6.45) is 5.87. The van der Waals surface area contributed by atoms with Gasteiger partial charge in [-0.3, -0.25) is 0 Å². The number of aryl methyl sites for hydroxylation is 1. The smallest absolute Gasteiger partial charge is 0.323 e. The first kappa shape index (κ1) is 24.4. The Morgan fingerprint density at radius 1 is 1.22 bits per heavy atom. The van der Waals surface area contributed by atoms with Crippen LogP contribution < -0.4 is 10.4 Å². The molecule has 10 heteroatoms.